The Morgan fingerprint density at radius 2 is 1.63 bits per heavy atom. The van der Waals surface area contributed by atoms with Crippen LogP contribution in [0.1, 0.15) is 11.1 Å². The molecule has 3 aromatic rings. The third-order valence-corrected chi connectivity index (χ3v) is 5.53. The molecule has 0 atom stereocenters. The van der Waals surface area contributed by atoms with Crippen LogP contribution in [-0.4, -0.2) is 20.5 Å². The van der Waals surface area contributed by atoms with Crippen LogP contribution < -0.4 is 14.8 Å². The highest BCUT2D eigenvalue weighted by atomic mass is 32.2. The van der Waals surface area contributed by atoms with E-state index < -0.39 is 10.0 Å². The van der Waals surface area contributed by atoms with Crippen LogP contribution in [-0.2, 0) is 10.0 Å². The standard InChI is InChI=1S/C20H21N3O3S/c1-14-11-18(26-3)19(12-15(14)2)27(24,25)23-17-9-10-20(21-13-17)22-16-7-5-4-6-8-16/h4-13,23H,1-3H3,(H,21,22). The first-order valence-electron chi connectivity index (χ1n) is 8.35. The topological polar surface area (TPSA) is 80.3 Å². The van der Waals surface area contributed by atoms with Gasteiger partial charge in [-0.1, -0.05) is 18.2 Å². The molecule has 0 spiro atoms. The van der Waals surface area contributed by atoms with E-state index >= 15 is 0 Å². The van der Waals surface area contributed by atoms with Crippen molar-refractivity contribution in [3.63, 3.8) is 0 Å². The molecule has 7 heteroatoms. The van der Waals surface area contributed by atoms with Crippen molar-refractivity contribution in [3.8, 4) is 5.75 Å². The van der Waals surface area contributed by atoms with Gasteiger partial charge in [0, 0.05) is 5.69 Å². The van der Waals surface area contributed by atoms with Gasteiger partial charge in [0.15, 0.2) is 0 Å². The quantitative estimate of drug-likeness (QED) is 0.665. The van der Waals surface area contributed by atoms with Crippen molar-refractivity contribution >= 4 is 27.2 Å². The molecule has 0 unspecified atom stereocenters. The van der Waals surface area contributed by atoms with Crippen LogP contribution in [0.25, 0.3) is 0 Å². The van der Waals surface area contributed by atoms with Crippen molar-refractivity contribution in [2.24, 2.45) is 0 Å². The number of pyridine rings is 1. The Hall–Kier alpha value is -3.06. The molecule has 1 heterocycles. The SMILES string of the molecule is COc1cc(C)c(C)cc1S(=O)(=O)Nc1ccc(Nc2ccccc2)nc1. The first kappa shape index (κ1) is 18.7. The number of anilines is 3. The molecule has 0 aliphatic rings. The van der Waals surface area contributed by atoms with E-state index in [9.17, 15) is 8.42 Å². The molecule has 140 valence electrons. The number of methoxy groups -OCH3 is 1. The lowest BCUT2D eigenvalue weighted by molar-refractivity contribution is 0.402. The Morgan fingerprint density at radius 3 is 2.26 bits per heavy atom. The molecule has 0 bridgehead atoms. The number of nitrogens with one attached hydrogen (secondary N) is 2. The summed E-state index contributed by atoms with van der Waals surface area (Å²) < 4.78 is 33.4. The van der Waals surface area contributed by atoms with E-state index in [2.05, 4.69) is 15.0 Å². The number of sulfonamides is 1. The second kappa shape index (κ2) is 7.67. The van der Waals surface area contributed by atoms with Crippen LogP contribution in [0.3, 0.4) is 0 Å². The summed E-state index contributed by atoms with van der Waals surface area (Å²) in [4.78, 5) is 4.35. The zero-order valence-corrected chi connectivity index (χ0v) is 16.2. The summed E-state index contributed by atoms with van der Waals surface area (Å²) in [5.41, 5.74) is 3.10. The molecule has 1 aromatic heterocycles. The summed E-state index contributed by atoms with van der Waals surface area (Å²) in [6.07, 6.45) is 1.47. The number of aryl methyl sites for hydroxylation is 2. The average Bonchev–Trinajstić information content (AvgIpc) is 2.65. The van der Waals surface area contributed by atoms with E-state index in [-0.39, 0.29) is 4.90 Å². The second-order valence-corrected chi connectivity index (χ2v) is 7.77. The zero-order chi connectivity index (χ0) is 19.4. The van der Waals surface area contributed by atoms with Gasteiger partial charge in [0.1, 0.15) is 16.5 Å². The van der Waals surface area contributed by atoms with E-state index in [1.54, 1.807) is 24.3 Å². The van der Waals surface area contributed by atoms with E-state index in [0.717, 1.165) is 16.8 Å². The number of nitrogens with zero attached hydrogens (tertiary/aromatic N) is 1. The van der Waals surface area contributed by atoms with Gasteiger partial charge in [0.25, 0.3) is 10.0 Å². The Morgan fingerprint density at radius 1 is 0.926 bits per heavy atom. The number of aromatic nitrogens is 1. The van der Waals surface area contributed by atoms with Gasteiger partial charge in [-0.2, -0.15) is 0 Å². The van der Waals surface area contributed by atoms with Crippen molar-refractivity contribution in [3.05, 3.63) is 71.9 Å². The Balaban J connectivity index is 1.81. The zero-order valence-electron chi connectivity index (χ0n) is 15.4. The fourth-order valence-electron chi connectivity index (χ4n) is 2.54. The minimum absolute atomic E-state index is 0.0968. The van der Waals surface area contributed by atoms with Crippen LogP contribution in [0.15, 0.2) is 65.7 Å². The van der Waals surface area contributed by atoms with Crippen molar-refractivity contribution in [2.45, 2.75) is 18.7 Å². The summed E-state index contributed by atoms with van der Waals surface area (Å²) in [5, 5.41) is 3.15. The molecule has 0 saturated heterocycles. The van der Waals surface area contributed by atoms with Gasteiger partial charge in [-0.25, -0.2) is 13.4 Å². The van der Waals surface area contributed by atoms with E-state index in [1.807, 2.05) is 44.2 Å². The smallest absolute Gasteiger partial charge is 0.265 e. The molecule has 3 rings (SSSR count). The van der Waals surface area contributed by atoms with Crippen LogP contribution in [0.2, 0.25) is 0 Å². The van der Waals surface area contributed by atoms with E-state index in [4.69, 9.17) is 4.74 Å². The number of benzene rings is 2. The van der Waals surface area contributed by atoms with Gasteiger partial charge in [-0.3, -0.25) is 4.72 Å². The highest BCUT2D eigenvalue weighted by molar-refractivity contribution is 7.92. The predicted octanol–water partition coefficient (Wildman–Crippen LogP) is 4.25. The molecular weight excluding hydrogens is 362 g/mol. The fourth-order valence-corrected chi connectivity index (χ4v) is 3.82. The van der Waals surface area contributed by atoms with E-state index in [1.165, 1.54) is 13.3 Å². The number of rotatable bonds is 6. The summed E-state index contributed by atoms with van der Waals surface area (Å²) in [6.45, 7) is 3.77. The first-order valence-corrected chi connectivity index (χ1v) is 9.83. The maximum absolute atomic E-state index is 12.8. The van der Waals surface area contributed by atoms with Crippen LogP contribution in [0.5, 0.6) is 5.75 Å². The van der Waals surface area contributed by atoms with Crippen molar-refractivity contribution in [1.29, 1.82) is 0 Å². The third kappa shape index (κ3) is 4.38. The molecule has 0 amide bonds. The van der Waals surface area contributed by atoms with Crippen molar-refractivity contribution in [2.75, 3.05) is 17.1 Å². The highest BCUT2D eigenvalue weighted by Gasteiger charge is 2.21. The summed E-state index contributed by atoms with van der Waals surface area (Å²) >= 11 is 0. The summed E-state index contributed by atoms with van der Waals surface area (Å²) in [5.74, 6) is 0.925. The van der Waals surface area contributed by atoms with Gasteiger partial charge >= 0.3 is 0 Å². The maximum atomic E-state index is 12.8. The van der Waals surface area contributed by atoms with Gasteiger partial charge in [-0.15, -0.1) is 0 Å². The predicted molar refractivity (Wildman–Crippen MR) is 107 cm³/mol. The van der Waals surface area contributed by atoms with Gasteiger partial charge in [0.2, 0.25) is 0 Å². The number of hydrogen-bond acceptors (Lipinski definition) is 5. The molecule has 0 fully saturated rings. The normalized spacial score (nSPS) is 11.1. The van der Waals surface area contributed by atoms with Crippen molar-refractivity contribution in [1.82, 2.24) is 4.98 Å². The minimum atomic E-state index is -3.80. The maximum Gasteiger partial charge on any atom is 0.265 e. The molecule has 2 N–H and O–H groups in total. The highest BCUT2D eigenvalue weighted by Crippen LogP contribution is 2.29. The molecule has 27 heavy (non-hydrogen) atoms. The Bertz CT molecular complexity index is 1030. The minimum Gasteiger partial charge on any atom is -0.495 e. The second-order valence-electron chi connectivity index (χ2n) is 6.12. The molecular formula is C20H21N3O3S. The van der Waals surface area contributed by atoms with Gasteiger partial charge < -0.3 is 10.1 Å². The lowest BCUT2D eigenvalue weighted by atomic mass is 10.1. The van der Waals surface area contributed by atoms with Crippen molar-refractivity contribution < 1.29 is 13.2 Å². The van der Waals surface area contributed by atoms with E-state index in [0.29, 0.717) is 17.3 Å². The van der Waals surface area contributed by atoms with Gasteiger partial charge in [0.05, 0.1) is 19.0 Å². The van der Waals surface area contributed by atoms with Gasteiger partial charge in [-0.05, 0) is 61.4 Å². The lowest BCUT2D eigenvalue weighted by Gasteiger charge is -2.14. The molecule has 0 aliphatic heterocycles. The van der Waals surface area contributed by atoms with Crippen LogP contribution >= 0.6 is 0 Å². The lowest BCUT2D eigenvalue weighted by Crippen LogP contribution is -2.15. The Kier molecular flexibility index (Phi) is 5.32. The third-order valence-electron chi connectivity index (χ3n) is 4.13. The fraction of sp³-hybridized carbons (Fsp3) is 0.150. The molecule has 0 aliphatic carbocycles. The molecule has 0 saturated carbocycles. The number of hydrogen-bond donors (Lipinski definition) is 2. The summed E-state index contributed by atoms with van der Waals surface area (Å²) in [7, 11) is -2.35. The largest absolute Gasteiger partial charge is 0.495 e. The molecule has 6 nitrogen and oxygen atoms in total. The first-order chi connectivity index (χ1) is 12.9. The van der Waals surface area contributed by atoms with Crippen LogP contribution in [0, 0.1) is 13.8 Å². The monoisotopic (exact) mass is 383 g/mol. The molecule has 2 aromatic carbocycles. The Labute approximate surface area is 159 Å². The summed E-state index contributed by atoms with van der Waals surface area (Å²) in [6, 6.07) is 16.3. The number of ether oxygens (including phenoxy) is 1. The number of para-hydroxylation sites is 1. The van der Waals surface area contributed by atoms with Crippen LogP contribution in [0.4, 0.5) is 17.2 Å². The average molecular weight is 383 g/mol. The molecule has 0 radical (unpaired) electrons.